The number of hydrogen-bond donors (Lipinski definition) is 1. The summed E-state index contributed by atoms with van der Waals surface area (Å²) in [6.07, 6.45) is -2.04. The molecule has 4 nitrogen and oxygen atoms in total. The van der Waals surface area contributed by atoms with E-state index < -0.39 is 12.6 Å². The summed E-state index contributed by atoms with van der Waals surface area (Å²) in [6, 6.07) is 20.8. The van der Waals surface area contributed by atoms with Crippen molar-refractivity contribution in [2.24, 2.45) is 11.8 Å². The van der Waals surface area contributed by atoms with Crippen molar-refractivity contribution in [3.05, 3.63) is 89.8 Å². The number of benzene rings is 3. The van der Waals surface area contributed by atoms with Crippen LogP contribution in [0.1, 0.15) is 65.0 Å². The molecule has 2 aromatic heterocycles. The van der Waals surface area contributed by atoms with Crippen LogP contribution in [-0.2, 0) is 31.3 Å². The van der Waals surface area contributed by atoms with Gasteiger partial charge in [-0.2, -0.15) is 13.2 Å². The van der Waals surface area contributed by atoms with Crippen molar-refractivity contribution in [3.8, 4) is 11.3 Å². The maximum atomic E-state index is 12.7. The number of alkyl halides is 3. The number of carbonyl (C=O) groups excluding carboxylic acids is 1. The van der Waals surface area contributed by atoms with Gasteiger partial charge >= 0.3 is 6.18 Å². The number of nitrogens with zero attached hydrogens (tertiary/aromatic N) is 1. The number of carbonyl (C=O) groups is 1. The average Bonchev–Trinajstić information content (AvgIpc) is 3.33. The predicted molar refractivity (Wildman–Crippen MR) is 167 cm³/mol. The molecule has 5 rings (SSSR count). The number of pyridine rings is 1. The summed E-state index contributed by atoms with van der Waals surface area (Å²) in [5.41, 5.74) is 4.72. The van der Waals surface area contributed by atoms with E-state index in [9.17, 15) is 23.1 Å². The number of aliphatic hydroxyl groups excluding tert-OH is 1. The topological polar surface area (TPSA) is 63.3 Å². The van der Waals surface area contributed by atoms with Crippen LogP contribution >= 0.6 is 0 Å². The monoisotopic (exact) mass is 781 g/mol. The third kappa shape index (κ3) is 8.36. The molecular weight excluding hydrogens is 744 g/mol. The summed E-state index contributed by atoms with van der Waals surface area (Å²) in [6.45, 7) is 11.6. The third-order valence-electron chi connectivity index (χ3n) is 7.27. The number of aliphatic hydroxyl groups is 1. The number of aryl methyl sites for hydroxylation is 1. The Balaban J connectivity index is 0.000000380. The summed E-state index contributed by atoms with van der Waals surface area (Å²) in [5, 5.41) is 12.9. The molecule has 0 amide bonds. The van der Waals surface area contributed by atoms with Crippen LogP contribution in [0.2, 0.25) is 0 Å². The molecular formula is C36H37F3IrNO3-. The molecule has 1 radical (unpaired) electrons. The second-order valence-electron chi connectivity index (χ2n) is 11.7. The smallest absolute Gasteiger partial charge is 0.389 e. The minimum atomic E-state index is -4.17. The Hall–Kier alpha value is -3.48. The molecule has 5 aromatic rings. The normalized spacial score (nSPS) is 12.2. The first-order valence-corrected chi connectivity index (χ1v) is 14.5. The second-order valence-corrected chi connectivity index (χ2v) is 11.7. The van der Waals surface area contributed by atoms with Gasteiger partial charge in [0.05, 0.1) is 11.3 Å². The van der Waals surface area contributed by atoms with E-state index in [0.29, 0.717) is 5.56 Å². The Kier molecular flexibility index (Phi) is 11.6. The molecule has 8 heteroatoms. The van der Waals surface area contributed by atoms with Crippen molar-refractivity contribution in [1.29, 1.82) is 0 Å². The van der Waals surface area contributed by atoms with E-state index in [1.807, 2.05) is 70.2 Å². The molecule has 0 bridgehead atoms. The van der Waals surface area contributed by atoms with Crippen LogP contribution in [0.5, 0.6) is 0 Å². The van der Waals surface area contributed by atoms with Gasteiger partial charge in [0.15, 0.2) is 5.78 Å². The molecule has 0 aliphatic heterocycles. The van der Waals surface area contributed by atoms with Gasteiger partial charge in [-0.05, 0) is 46.5 Å². The molecule has 0 spiro atoms. The summed E-state index contributed by atoms with van der Waals surface area (Å²) >= 11 is 0. The number of rotatable bonds is 7. The minimum absolute atomic E-state index is 0. The first-order valence-electron chi connectivity index (χ1n) is 14.5. The van der Waals surface area contributed by atoms with E-state index >= 15 is 0 Å². The van der Waals surface area contributed by atoms with Crippen molar-refractivity contribution in [2.45, 2.75) is 66.5 Å². The van der Waals surface area contributed by atoms with Crippen LogP contribution < -0.4 is 0 Å². The molecule has 1 N–H and O–H groups in total. The predicted octanol–water partition coefficient (Wildman–Crippen LogP) is 10.5. The van der Waals surface area contributed by atoms with Gasteiger partial charge in [0.2, 0.25) is 0 Å². The van der Waals surface area contributed by atoms with Crippen LogP contribution in [0.4, 0.5) is 13.2 Å². The quantitative estimate of drug-likeness (QED) is 0.102. The maximum Gasteiger partial charge on any atom is 0.389 e. The molecule has 0 aliphatic carbocycles. The van der Waals surface area contributed by atoms with Crippen molar-refractivity contribution in [3.63, 3.8) is 0 Å². The van der Waals surface area contributed by atoms with Crippen LogP contribution in [-0.4, -0.2) is 22.1 Å². The number of allylic oxidation sites excluding steroid dienone is 2. The van der Waals surface area contributed by atoms with E-state index in [2.05, 4.69) is 31.0 Å². The number of ketones is 1. The van der Waals surface area contributed by atoms with Gasteiger partial charge in [-0.1, -0.05) is 88.9 Å². The molecule has 235 valence electrons. The Morgan fingerprint density at radius 1 is 0.955 bits per heavy atom. The van der Waals surface area contributed by atoms with Crippen molar-refractivity contribution < 1.29 is 47.6 Å². The minimum Gasteiger partial charge on any atom is -0.512 e. The van der Waals surface area contributed by atoms with E-state index in [4.69, 9.17) is 4.42 Å². The fraction of sp³-hybridized carbons (Fsp3) is 0.333. The zero-order valence-electron chi connectivity index (χ0n) is 25.7. The molecule has 2 heterocycles. The Morgan fingerprint density at radius 3 is 2.30 bits per heavy atom. The molecule has 0 atom stereocenters. The van der Waals surface area contributed by atoms with Crippen LogP contribution in [0.25, 0.3) is 44.0 Å². The van der Waals surface area contributed by atoms with Gasteiger partial charge < -0.3 is 14.5 Å². The maximum absolute atomic E-state index is 12.7. The van der Waals surface area contributed by atoms with Crippen LogP contribution in [0, 0.1) is 17.9 Å². The Morgan fingerprint density at radius 2 is 1.66 bits per heavy atom. The number of para-hydroxylation sites is 1. The summed E-state index contributed by atoms with van der Waals surface area (Å²) in [4.78, 5) is 15.7. The van der Waals surface area contributed by atoms with Gasteiger partial charge in [-0.25, -0.2) is 0 Å². The van der Waals surface area contributed by atoms with Gasteiger partial charge in [0.25, 0.3) is 0 Å². The van der Waals surface area contributed by atoms with Crippen molar-refractivity contribution in [1.82, 2.24) is 4.98 Å². The average molecular weight is 781 g/mol. The number of hydrogen-bond acceptors (Lipinski definition) is 4. The van der Waals surface area contributed by atoms with E-state index in [-0.39, 0.29) is 55.8 Å². The second kappa shape index (κ2) is 14.5. The first-order chi connectivity index (χ1) is 20.2. The van der Waals surface area contributed by atoms with Crippen molar-refractivity contribution >= 4 is 38.5 Å². The largest absolute Gasteiger partial charge is 0.512 e. The molecule has 44 heavy (non-hydrogen) atoms. The van der Waals surface area contributed by atoms with Gasteiger partial charge in [-0.3, -0.25) is 4.79 Å². The fourth-order valence-electron chi connectivity index (χ4n) is 4.61. The number of fused-ring (bicyclic) bond motifs is 4. The zero-order valence-corrected chi connectivity index (χ0v) is 28.1. The molecule has 0 saturated heterocycles. The molecule has 3 aromatic carbocycles. The van der Waals surface area contributed by atoms with Gasteiger partial charge in [0, 0.05) is 56.0 Å². The van der Waals surface area contributed by atoms with Gasteiger partial charge in [-0.15, -0.1) is 17.7 Å². The number of halogens is 3. The zero-order chi connectivity index (χ0) is 31.5. The first kappa shape index (κ1) is 35.0. The summed E-state index contributed by atoms with van der Waals surface area (Å²) in [5.74, 6) is 0.421. The molecule has 0 fully saturated rings. The Bertz CT molecular complexity index is 1780. The summed E-state index contributed by atoms with van der Waals surface area (Å²) in [7, 11) is 0. The summed E-state index contributed by atoms with van der Waals surface area (Å²) < 4.78 is 44.2. The SMILES string of the molecule is CC(C)C(=O)/C=C(\O)C(C)C.CC(C)c1[c-]c(-c2nccc3cc(CCC(F)(F)F)ccc23)c2oc3ccccc3c2c1.[Ir]. The van der Waals surface area contributed by atoms with E-state index in [1.54, 1.807) is 12.3 Å². The Labute approximate surface area is 269 Å². The van der Waals surface area contributed by atoms with E-state index in [0.717, 1.165) is 49.5 Å². The van der Waals surface area contributed by atoms with Gasteiger partial charge in [0.1, 0.15) is 5.58 Å². The fourth-order valence-corrected chi connectivity index (χ4v) is 4.61. The number of furan rings is 1. The molecule has 0 aliphatic rings. The van der Waals surface area contributed by atoms with Crippen LogP contribution in [0.3, 0.4) is 0 Å². The van der Waals surface area contributed by atoms with E-state index in [1.165, 1.54) is 6.08 Å². The standard InChI is InChI=1S/C27H21F3NO.C9H16O2.Ir/c1-16(2)19-14-22-21-5-3-4-6-24(21)32-26(22)23(15-19)25-20-8-7-17(9-11-27(28,29)30)13-18(20)10-12-31-25;1-6(2)8(10)5-9(11)7(3)4;/h3-8,10,12-14,16H,9,11H2,1-2H3;5-7,10H,1-4H3;/q-1;;/b;8-5-;. The molecule has 0 saturated carbocycles. The number of aromatic nitrogens is 1. The molecule has 0 unspecified atom stereocenters. The van der Waals surface area contributed by atoms with Crippen molar-refractivity contribution in [2.75, 3.05) is 0 Å². The van der Waals surface area contributed by atoms with Crippen LogP contribution in [0.15, 0.2) is 77.0 Å². The third-order valence-corrected chi connectivity index (χ3v) is 7.27.